The Morgan fingerprint density at radius 3 is 1.35 bits per heavy atom. The molecule has 0 aliphatic rings. The number of fused-ring (bicyclic) bond motifs is 8. The van der Waals surface area contributed by atoms with Gasteiger partial charge in [0.2, 0.25) is 0 Å². The fraction of sp³-hybridized carbons (Fsp3) is 0. The van der Waals surface area contributed by atoms with Gasteiger partial charge in [-0.3, -0.25) is 0 Å². The minimum Gasteiger partial charge on any atom is -0.0616 e. The van der Waals surface area contributed by atoms with Crippen LogP contribution in [0.5, 0.6) is 0 Å². The number of rotatable bonds is 2. The minimum atomic E-state index is 1.25. The predicted octanol–water partition coefficient (Wildman–Crippen LogP) is 13.1. The summed E-state index contributed by atoms with van der Waals surface area (Å²) in [7, 11) is 0. The molecule has 0 saturated heterocycles. The Kier molecular flexibility index (Phi) is 5.38. The third kappa shape index (κ3) is 3.74. The molecule has 0 aliphatic carbocycles. The van der Waals surface area contributed by atoms with Crippen molar-refractivity contribution in [2.45, 2.75) is 0 Å². The van der Waals surface area contributed by atoms with Gasteiger partial charge in [-0.1, -0.05) is 140 Å². The van der Waals surface area contributed by atoms with Crippen LogP contribution in [0, 0.1) is 0 Å². The Bertz CT molecular complexity index is 2800. The van der Waals surface area contributed by atoms with Crippen molar-refractivity contribution in [3.05, 3.63) is 170 Å². The van der Waals surface area contributed by atoms with Gasteiger partial charge >= 0.3 is 0 Å². The molecule has 0 amide bonds. The molecule has 0 N–H and O–H groups in total. The lowest BCUT2D eigenvalue weighted by Crippen LogP contribution is -1.92. The quantitative estimate of drug-likeness (QED) is 0.141. The molecule has 10 rings (SSSR count). The fourth-order valence-corrected chi connectivity index (χ4v) is 7.82. The van der Waals surface area contributed by atoms with Crippen molar-refractivity contribution in [3.8, 4) is 22.3 Å². The van der Waals surface area contributed by atoms with Crippen LogP contribution in [0.2, 0.25) is 0 Å². The third-order valence-corrected chi connectivity index (χ3v) is 9.94. The highest BCUT2D eigenvalue weighted by atomic mass is 14.2. The summed E-state index contributed by atoms with van der Waals surface area (Å²) >= 11 is 0. The Hall–Kier alpha value is -5.98. The van der Waals surface area contributed by atoms with E-state index in [1.807, 2.05) is 0 Å². The summed E-state index contributed by atoms with van der Waals surface area (Å²) in [5.41, 5.74) is 5.11. The zero-order chi connectivity index (χ0) is 30.2. The third-order valence-electron chi connectivity index (χ3n) is 9.94. The van der Waals surface area contributed by atoms with E-state index in [4.69, 9.17) is 0 Å². The van der Waals surface area contributed by atoms with Crippen LogP contribution in [0.3, 0.4) is 0 Å². The standard InChI is InChI=1S/C46H28/c1-2-12-31-26-36-27-35(21-20-33(36)24-29(31)10-1)45-40-14-5-7-16-42(40)46(43-17-8-6-15-41(43)45)39-19-9-18-37-38(39)23-22-34-25-30-11-3-4-13-32(30)28-44(34)37/h1-28H. The van der Waals surface area contributed by atoms with Gasteiger partial charge in [-0.25, -0.2) is 0 Å². The van der Waals surface area contributed by atoms with E-state index in [0.717, 1.165) is 0 Å². The van der Waals surface area contributed by atoms with Crippen molar-refractivity contribution < 1.29 is 0 Å². The van der Waals surface area contributed by atoms with E-state index in [-0.39, 0.29) is 0 Å². The van der Waals surface area contributed by atoms with Crippen LogP contribution in [-0.2, 0) is 0 Å². The second-order valence-corrected chi connectivity index (χ2v) is 12.5. The maximum atomic E-state index is 2.38. The maximum absolute atomic E-state index is 2.38. The van der Waals surface area contributed by atoms with E-state index in [0.29, 0.717) is 0 Å². The molecule has 0 saturated carbocycles. The summed E-state index contributed by atoms with van der Waals surface area (Å²) in [6, 6.07) is 63.0. The van der Waals surface area contributed by atoms with E-state index < -0.39 is 0 Å². The summed E-state index contributed by atoms with van der Waals surface area (Å²) < 4.78 is 0. The zero-order valence-electron chi connectivity index (χ0n) is 25.2. The van der Waals surface area contributed by atoms with Crippen LogP contribution >= 0.6 is 0 Å². The summed E-state index contributed by atoms with van der Waals surface area (Å²) in [6.45, 7) is 0. The van der Waals surface area contributed by atoms with Gasteiger partial charge < -0.3 is 0 Å². The minimum absolute atomic E-state index is 1.25. The van der Waals surface area contributed by atoms with Gasteiger partial charge in [-0.15, -0.1) is 0 Å². The smallest absolute Gasteiger partial charge is 0.00201 e. The topological polar surface area (TPSA) is 0 Å². The van der Waals surface area contributed by atoms with Crippen molar-refractivity contribution in [1.29, 1.82) is 0 Å². The normalized spacial score (nSPS) is 11.9. The number of hydrogen-bond acceptors (Lipinski definition) is 0. The summed E-state index contributed by atoms with van der Waals surface area (Å²) in [6.07, 6.45) is 0. The van der Waals surface area contributed by atoms with Crippen LogP contribution in [0.15, 0.2) is 170 Å². The molecular formula is C46H28. The Labute approximate surface area is 266 Å². The number of hydrogen-bond donors (Lipinski definition) is 0. The molecule has 0 fully saturated rings. The molecule has 10 aromatic carbocycles. The predicted molar refractivity (Wildman–Crippen MR) is 200 cm³/mol. The average molecular weight is 581 g/mol. The average Bonchev–Trinajstić information content (AvgIpc) is 3.11. The second kappa shape index (κ2) is 9.76. The maximum Gasteiger partial charge on any atom is -0.00201 e. The lowest BCUT2D eigenvalue weighted by molar-refractivity contribution is 1.69. The lowest BCUT2D eigenvalue weighted by atomic mass is 9.84. The fourth-order valence-electron chi connectivity index (χ4n) is 7.82. The van der Waals surface area contributed by atoms with Crippen molar-refractivity contribution in [2.24, 2.45) is 0 Å². The van der Waals surface area contributed by atoms with Gasteiger partial charge in [-0.05, 0) is 128 Å². The van der Waals surface area contributed by atoms with E-state index >= 15 is 0 Å². The van der Waals surface area contributed by atoms with E-state index in [1.165, 1.54) is 97.7 Å². The first-order valence-corrected chi connectivity index (χ1v) is 16.0. The van der Waals surface area contributed by atoms with E-state index in [1.54, 1.807) is 0 Å². The van der Waals surface area contributed by atoms with Gasteiger partial charge in [0.25, 0.3) is 0 Å². The Morgan fingerprint density at radius 2 is 0.696 bits per heavy atom. The van der Waals surface area contributed by atoms with Gasteiger partial charge in [0.15, 0.2) is 0 Å². The first-order chi connectivity index (χ1) is 22.8. The van der Waals surface area contributed by atoms with Crippen molar-refractivity contribution in [3.63, 3.8) is 0 Å². The molecule has 0 unspecified atom stereocenters. The lowest BCUT2D eigenvalue weighted by Gasteiger charge is -2.19. The van der Waals surface area contributed by atoms with E-state index in [2.05, 4.69) is 170 Å². The molecular weight excluding hydrogens is 553 g/mol. The monoisotopic (exact) mass is 580 g/mol. The van der Waals surface area contributed by atoms with Gasteiger partial charge in [0, 0.05) is 0 Å². The molecule has 0 bridgehead atoms. The zero-order valence-corrected chi connectivity index (χ0v) is 25.2. The summed E-state index contributed by atoms with van der Waals surface area (Å²) in [5.74, 6) is 0. The van der Waals surface area contributed by atoms with Crippen molar-refractivity contribution in [2.75, 3.05) is 0 Å². The van der Waals surface area contributed by atoms with Crippen LogP contribution < -0.4 is 0 Å². The second-order valence-electron chi connectivity index (χ2n) is 12.5. The largest absolute Gasteiger partial charge is 0.0616 e. The molecule has 0 radical (unpaired) electrons. The highest BCUT2D eigenvalue weighted by Gasteiger charge is 2.18. The molecule has 0 nitrogen and oxygen atoms in total. The van der Waals surface area contributed by atoms with Crippen molar-refractivity contribution in [1.82, 2.24) is 0 Å². The van der Waals surface area contributed by atoms with Crippen molar-refractivity contribution >= 4 is 75.4 Å². The molecule has 0 aliphatic heterocycles. The van der Waals surface area contributed by atoms with Crippen LogP contribution in [-0.4, -0.2) is 0 Å². The number of benzene rings is 10. The van der Waals surface area contributed by atoms with Gasteiger partial charge in [0.1, 0.15) is 0 Å². The molecule has 10 aromatic rings. The first-order valence-electron chi connectivity index (χ1n) is 16.0. The van der Waals surface area contributed by atoms with Gasteiger partial charge in [-0.2, -0.15) is 0 Å². The van der Waals surface area contributed by atoms with Crippen LogP contribution in [0.25, 0.3) is 97.7 Å². The van der Waals surface area contributed by atoms with E-state index in [9.17, 15) is 0 Å². The molecule has 212 valence electrons. The molecule has 0 heterocycles. The molecule has 0 heteroatoms. The van der Waals surface area contributed by atoms with Crippen LogP contribution in [0.1, 0.15) is 0 Å². The molecule has 0 atom stereocenters. The highest BCUT2D eigenvalue weighted by molar-refractivity contribution is 6.25. The highest BCUT2D eigenvalue weighted by Crippen LogP contribution is 2.46. The van der Waals surface area contributed by atoms with Gasteiger partial charge in [0.05, 0.1) is 0 Å². The summed E-state index contributed by atoms with van der Waals surface area (Å²) in [5, 5.41) is 17.9. The Morgan fingerprint density at radius 1 is 0.217 bits per heavy atom. The first kappa shape index (κ1) is 25.4. The molecule has 46 heavy (non-hydrogen) atoms. The SMILES string of the molecule is c1ccc2cc3cc(-c4c5ccccc5c(-c5cccc6c5ccc5cc7ccccc7cc56)c5ccccc45)ccc3cc2c1. The molecule has 0 aromatic heterocycles. The Balaban J connectivity index is 1.28. The molecule has 0 spiro atoms. The van der Waals surface area contributed by atoms with Crippen LogP contribution in [0.4, 0.5) is 0 Å². The summed E-state index contributed by atoms with van der Waals surface area (Å²) in [4.78, 5) is 0.